The van der Waals surface area contributed by atoms with E-state index in [-0.39, 0.29) is 23.5 Å². The van der Waals surface area contributed by atoms with E-state index in [9.17, 15) is 9.59 Å². The summed E-state index contributed by atoms with van der Waals surface area (Å²) in [6.45, 7) is 4.12. The summed E-state index contributed by atoms with van der Waals surface area (Å²) in [4.78, 5) is 27.1. The van der Waals surface area contributed by atoms with E-state index in [0.29, 0.717) is 25.1 Å². The van der Waals surface area contributed by atoms with E-state index in [4.69, 9.17) is 4.74 Å². The molecule has 2 aliphatic rings. The Morgan fingerprint density at radius 3 is 2.80 bits per heavy atom. The van der Waals surface area contributed by atoms with Crippen molar-refractivity contribution in [2.75, 3.05) is 19.7 Å². The highest BCUT2D eigenvalue weighted by molar-refractivity contribution is 5.82. The maximum atomic E-state index is 13.0. The molecule has 1 aromatic heterocycles. The number of morpholine rings is 1. The molecule has 2 heterocycles. The number of hydrogen-bond acceptors (Lipinski definition) is 3. The van der Waals surface area contributed by atoms with Crippen LogP contribution in [0.1, 0.15) is 31.4 Å². The van der Waals surface area contributed by atoms with Gasteiger partial charge in [0.1, 0.15) is 6.54 Å². The van der Waals surface area contributed by atoms with Gasteiger partial charge in [0.25, 0.3) is 0 Å². The molecule has 5 heteroatoms. The molecule has 1 amide bonds. The molecule has 2 aromatic rings. The highest BCUT2D eigenvalue weighted by atomic mass is 16.5. The van der Waals surface area contributed by atoms with Crippen LogP contribution in [0.3, 0.4) is 0 Å². The summed E-state index contributed by atoms with van der Waals surface area (Å²) in [7, 11) is 0. The fourth-order valence-electron chi connectivity index (χ4n) is 4.28. The first-order chi connectivity index (χ1) is 12.1. The number of nitrogens with zero attached hydrogens (tertiary/aromatic N) is 2. The van der Waals surface area contributed by atoms with Crippen molar-refractivity contribution in [3.63, 3.8) is 0 Å². The Morgan fingerprint density at radius 2 is 2.00 bits per heavy atom. The third-order valence-corrected chi connectivity index (χ3v) is 5.64. The molecule has 5 nitrogen and oxygen atoms in total. The van der Waals surface area contributed by atoms with Crippen LogP contribution in [-0.4, -0.2) is 40.7 Å². The van der Waals surface area contributed by atoms with Gasteiger partial charge in [-0.05, 0) is 31.9 Å². The molecule has 0 N–H and O–H groups in total. The van der Waals surface area contributed by atoms with E-state index < -0.39 is 0 Å². The number of rotatable bonds is 2. The fraction of sp³-hybridized carbons (Fsp3) is 0.500. The summed E-state index contributed by atoms with van der Waals surface area (Å²) >= 11 is 0. The van der Waals surface area contributed by atoms with Crippen LogP contribution in [0.15, 0.2) is 35.1 Å². The number of aryl methyl sites for hydroxylation is 1. The van der Waals surface area contributed by atoms with Crippen molar-refractivity contribution in [1.29, 1.82) is 0 Å². The number of carbonyl (C=O) groups excluding carboxylic acids is 1. The summed E-state index contributed by atoms with van der Waals surface area (Å²) < 4.78 is 7.98. The summed E-state index contributed by atoms with van der Waals surface area (Å²) in [6.07, 6.45) is 4.48. The summed E-state index contributed by atoms with van der Waals surface area (Å²) in [5, 5.41) is 0.662. The highest BCUT2D eigenvalue weighted by Crippen LogP contribution is 2.35. The topological polar surface area (TPSA) is 51.5 Å². The monoisotopic (exact) mass is 340 g/mol. The van der Waals surface area contributed by atoms with Gasteiger partial charge in [-0.3, -0.25) is 9.59 Å². The van der Waals surface area contributed by atoms with Crippen LogP contribution in [0.5, 0.6) is 0 Å². The van der Waals surface area contributed by atoms with Crippen molar-refractivity contribution in [2.24, 2.45) is 0 Å². The van der Waals surface area contributed by atoms with Crippen molar-refractivity contribution in [1.82, 2.24) is 9.47 Å². The molecule has 0 atom stereocenters. The minimum absolute atomic E-state index is 0.00748. The molecule has 1 aliphatic carbocycles. The Hall–Kier alpha value is -2.14. The van der Waals surface area contributed by atoms with Crippen molar-refractivity contribution in [3.8, 4) is 0 Å². The number of hydrogen-bond donors (Lipinski definition) is 0. The lowest BCUT2D eigenvalue weighted by Crippen LogP contribution is -2.53. The van der Waals surface area contributed by atoms with E-state index in [2.05, 4.69) is 0 Å². The van der Waals surface area contributed by atoms with Crippen LogP contribution < -0.4 is 5.43 Å². The number of pyridine rings is 1. The summed E-state index contributed by atoms with van der Waals surface area (Å²) in [5.74, 6) is 0.103. The van der Waals surface area contributed by atoms with Crippen molar-refractivity contribution in [2.45, 2.75) is 44.8 Å². The average molecular weight is 340 g/mol. The summed E-state index contributed by atoms with van der Waals surface area (Å²) in [5.41, 5.74) is 1.54. The van der Waals surface area contributed by atoms with Crippen LogP contribution in [0.2, 0.25) is 0 Å². The minimum Gasteiger partial charge on any atom is -0.371 e. The molecule has 1 saturated carbocycles. The Kier molecular flexibility index (Phi) is 4.12. The van der Waals surface area contributed by atoms with E-state index in [1.165, 1.54) is 12.8 Å². The molecule has 25 heavy (non-hydrogen) atoms. The zero-order chi connectivity index (χ0) is 17.4. The Bertz CT molecular complexity index is 865. The number of para-hydroxylation sites is 1. The second-order valence-corrected chi connectivity index (χ2v) is 7.31. The molecule has 132 valence electrons. The molecular formula is C20H24N2O3. The van der Waals surface area contributed by atoms with Gasteiger partial charge in [-0.15, -0.1) is 0 Å². The number of benzene rings is 1. The van der Waals surface area contributed by atoms with Crippen LogP contribution in [0.25, 0.3) is 10.9 Å². The van der Waals surface area contributed by atoms with Crippen LogP contribution in [-0.2, 0) is 16.1 Å². The first-order valence-corrected chi connectivity index (χ1v) is 9.09. The lowest BCUT2D eigenvalue weighted by Gasteiger charge is -2.40. The molecule has 1 aromatic carbocycles. The van der Waals surface area contributed by atoms with Gasteiger partial charge in [0.15, 0.2) is 5.43 Å². The molecular weight excluding hydrogens is 316 g/mol. The molecule has 1 saturated heterocycles. The lowest BCUT2D eigenvalue weighted by molar-refractivity contribution is -0.150. The van der Waals surface area contributed by atoms with Crippen molar-refractivity contribution in [3.05, 3.63) is 46.2 Å². The predicted octanol–water partition coefficient (Wildman–Crippen LogP) is 2.48. The standard InChI is InChI=1S/C20H24N2O3/c1-15-12-18(23)16-6-2-3-7-17(16)22(15)13-19(24)21-10-11-25-20(14-21)8-4-5-9-20/h2-3,6-7,12H,4-5,8-11,13-14H2,1H3. The van der Waals surface area contributed by atoms with E-state index in [0.717, 1.165) is 24.1 Å². The Labute approximate surface area is 147 Å². The molecule has 1 aliphatic heterocycles. The van der Waals surface area contributed by atoms with Gasteiger partial charge in [0.2, 0.25) is 5.91 Å². The van der Waals surface area contributed by atoms with Gasteiger partial charge in [-0.2, -0.15) is 0 Å². The van der Waals surface area contributed by atoms with Crippen molar-refractivity contribution < 1.29 is 9.53 Å². The van der Waals surface area contributed by atoms with E-state index in [1.807, 2.05) is 40.7 Å². The minimum atomic E-state index is -0.117. The summed E-state index contributed by atoms with van der Waals surface area (Å²) in [6, 6.07) is 9.12. The van der Waals surface area contributed by atoms with E-state index in [1.54, 1.807) is 6.07 Å². The van der Waals surface area contributed by atoms with Gasteiger partial charge < -0.3 is 14.2 Å². The van der Waals surface area contributed by atoms with Gasteiger partial charge >= 0.3 is 0 Å². The Morgan fingerprint density at radius 1 is 1.24 bits per heavy atom. The number of amides is 1. The normalized spacial score (nSPS) is 19.6. The van der Waals surface area contributed by atoms with Gasteiger partial charge in [-0.1, -0.05) is 25.0 Å². The largest absolute Gasteiger partial charge is 0.371 e. The first kappa shape index (κ1) is 16.3. The Balaban J connectivity index is 1.61. The third-order valence-electron chi connectivity index (χ3n) is 5.64. The first-order valence-electron chi connectivity index (χ1n) is 9.09. The average Bonchev–Trinajstić information content (AvgIpc) is 3.06. The molecule has 0 unspecified atom stereocenters. The fourth-order valence-corrected chi connectivity index (χ4v) is 4.28. The lowest BCUT2D eigenvalue weighted by atomic mass is 9.99. The van der Waals surface area contributed by atoms with Crippen LogP contribution >= 0.6 is 0 Å². The molecule has 0 bridgehead atoms. The third kappa shape index (κ3) is 2.97. The van der Waals surface area contributed by atoms with Gasteiger partial charge in [-0.25, -0.2) is 0 Å². The number of fused-ring (bicyclic) bond motifs is 1. The smallest absolute Gasteiger partial charge is 0.242 e. The quantitative estimate of drug-likeness (QED) is 0.844. The number of aromatic nitrogens is 1. The number of ether oxygens (including phenoxy) is 1. The second-order valence-electron chi connectivity index (χ2n) is 7.31. The molecule has 1 spiro atoms. The predicted molar refractivity (Wildman–Crippen MR) is 96.7 cm³/mol. The van der Waals surface area contributed by atoms with Crippen molar-refractivity contribution >= 4 is 16.8 Å². The zero-order valence-corrected chi connectivity index (χ0v) is 14.7. The highest BCUT2D eigenvalue weighted by Gasteiger charge is 2.40. The molecule has 0 radical (unpaired) electrons. The van der Waals surface area contributed by atoms with Crippen LogP contribution in [0, 0.1) is 6.92 Å². The maximum absolute atomic E-state index is 13.0. The number of carbonyl (C=O) groups is 1. The SMILES string of the molecule is Cc1cc(=O)c2ccccc2n1CC(=O)N1CCOC2(CCCC2)C1. The van der Waals surface area contributed by atoms with Crippen LogP contribution in [0.4, 0.5) is 0 Å². The van der Waals surface area contributed by atoms with E-state index >= 15 is 0 Å². The second kappa shape index (κ2) is 6.30. The molecule has 2 fully saturated rings. The molecule has 4 rings (SSSR count). The van der Waals surface area contributed by atoms with Gasteiger partial charge in [0, 0.05) is 30.2 Å². The zero-order valence-electron chi connectivity index (χ0n) is 14.7. The van der Waals surface area contributed by atoms with Gasteiger partial charge in [0.05, 0.1) is 17.7 Å². The maximum Gasteiger partial charge on any atom is 0.242 e.